The van der Waals surface area contributed by atoms with E-state index in [4.69, 9.17) is 9.47 Å². The summed E-state index contributed by atoms with van der Waals surface area (Å²) in [6, 6.07) is 5.81. The van der Waals surface area contributed by atoms with Crippen molar-refractivity contribution in [3.63, 3.8) is 0 Å². The number of rotatable bonds is 14. The molecule has 37 heavy (non-hydrogen) atoms. The first-order chi connectivity index (χ1) is 17.8. The molecule has 0 unspecified atom stereocenters. The van der Waals surface area contributed by atoms with Crippen molar-refractivity contribution in [3.05, 3.63) is 74.1 Å². The van der Waals surface area contributed by atoms with Gasteiger partial charge in [0.15, 0.2) is 11.6 Å². The van der Waals surface area contributed by atoms with Crippen LogP contribution in [0.5, 0.6) is 5.75 Å². The quantitative estimate of drug-likeness (QED) is 0.316. The van der Waals surface area contributed by atoms with Crippen LogP contribution >= 0.6 is 0 Å². The standard InChI is InChI=1S/C26H34FN5O5/c1-3-26(35,19-9-10-20(27)23(14-19)37-15-18-7-8-18)17-32-22(21(16-36-2)29-30-32)6-4-5-12-31-13-11-24(33)28-25(31)34/h9-11,13-14,18,35H,3-8,12,15-17H2,1-2H3,(H,28,33,34)/t26-/m1/s1. The number of unbranched alkanes of at least 4 members (excludes halogenated alkanes) is 1. The molecule has 1 aliphatic carbocycles. The number of benzene rings is 1. The maximum absolute atomic E-state index is 14.4. The third-order valence-electron chi connectivity index (χ3n) is 6.79. The van der Waals surface area contributed by atoms with Crippen molar-refractivity contribution in [2.75, 3.05) is 13.7 Å². The SMILES string of the molecule is CC[C@@](O)(Cn1nnc(COC)c1CCCCn1ccc(=O)[nH]c1=O)c1ccc(F)c(OCC2CC2)c1. The van der Waals surface area contributed by atoms with Crippen LogP contribution in [0.25, 0.3) is 0 Å². The van der Waals surface area contributed by atoms with Crippen LogP contribution in [0.4, 0.5) is 4.39 Å². The number of aromatic amines is 1. The lowest BCUT2D eigenvalue weighted by atomic mass is 9.90. The molecule has 1 atom stereocenters. The average Bonchev–Trinajstić information content (AvgIpc) is 3.64. The Morgan fingerprint density at radius 3 is 2.76 bits per heavy atom. The van der Waals surface area contributed by atoms with Gasteiger partial charge in [-0.1, -0.05) is 18.2 Å². The number of nitrogens with zero attached hydrogens (tertiary/aromatic N) is 4. The van der Waals surface area contributed by atoms with Crippen molar-refractivity contribution in [2.45, 2.75) is 70.7 Å². The molecular weight excluding hydrogens is 481 g/mol. The zero-order valence-corrected chi connectivity index (χ0v) is 21.3. The van der Waals surface area contributed by atoms with Crippen molar-refractivity contribution >= 4 is 0 Å². The fourth-order valence-corrected chi connectivity index (χ4v) is 4.26. The van der Waals surface area contributed by atoms with Crippen molar-refractivity contribution in [1.29, 1.82) is 0 Å². The molecule has 200 valence electrons. The van der Waals surface area contributed by atoms with Crippen LogP contribution in [0.1, 0.15) is 56.0 Å². The van der Waals surface area contributed by atoms with Crippen LogP contribution in [0.2, 0.25) is 0 Å². The van der Waals surface area contributed by atoms with Crippen molar-refractivity contribution in [1.82, 2.24) is 24.5 Å². The molecule has 0 aliphatic heterocycles. The van der Waals surface area contributed by atoms with Gasteiger partial charge in [0, 0.05) is 25.9 Å². The molecular formula is C26H34FN5O5. The molecule has 2 aromatic heterocycles. The van der Waals surface area contributed by atoms with Gasteiger partial charge >= 0.3 is 5.69 Å². The number of hydrogen-bond donors (Lipinski definition) is 2. The average molecular weight is 516 g/mol. The lowest BCUT2D eigenvalue weighted by Crippen LogP contribution is -2.32. The summed E-state index contributed by atoms with van der Waals surface area (Å²) in [5, 5.41) is 20.2. The normalized spacial score (nSPS) is 15.0. The second-order valence-electron chi connectivity index (χ2n) is 9.62. The molecule has 1 saturated carbocycles. The lowest BCUT2D eigenvalue weighted by molar-refractivity contribution is 0.00936. The number of halogens is 1. The molecule has 0 amide bonds. The predicted molar refractivity (Wildman–Crippen MR) is 134 cm³/mol. The molecule has 11 heteroatoms. The fraction of sp³-hybridized carbons (Fsp3) is 0.538. The third kappa shape index (κ3) is 6.72. The number of ether oxygens (including phenoxy) is 2. The summed E-state index contributed by atoms with van der Waals surface area (Å²) in [6.45, 7) is 3.19. The molecule has 0 radical (unpaired) electrons. The topological polar surface area (TPSA) is 124 Å². The summed E-state index contributed by atoms with van der Waals surface area (Å²) < 4.78 is 28.5. The molecule has 0 spiro atoms. The molecule has 2 N–H and O–H groups in total. The van der Waals surface area contributed by atoms with Gasteiger partial charge < -0.3 is 19.1 Å². The Morgan fingerprint density at radius 1 is 1.24 bits per heavy atom. The Labute approximate surface area is 214 Å². The Hall–Kier alpha value is -3.31. The molecule has 10 nitrogen and oxygen atoms in total. The summed E-state index contributed by atoms with van der Waals surface area (Å²) in [5.41, 5.74) is -0.126. The predicted octanol–water partition coefficient (Wildman–Crippen LogP) is 2.52. The van der Waals surface area contributed by atoms with E-state index in [-0.39, 0.29) is 18.9 Å². The maximum atomic E-state index is 14.4. The van der Waals surface area contributed by atoms with E-state index in [1.807, 2.05) is 6.92 Å². The third-order valence-corrected chi connectivity index (χ3v) is 6.79. The Morgan fingerprint density at radius 2 is 2.05 bits per heavy atom. The summed E-state index contributed by atoms with van der Waals surface area (Å²) >= 11 is 0. The Bertz CT molecular complexity index is 1320. The summed E-state index contributed by atoms with van der Waals surface area (Å²) in [7, 11) is 1.58. The number of H-pyrrole nitrogens is 1. The van der Waals surface area contributed by atoms with Gasteiger partial charge in [-0.15, -0.1) is 5.10 Å². The number of aryl methyl sites for hydroxylation is 1. The maximum Gasteiger partial charge on any atom is 0.328 e. The highest BCUT2D eigenvalue weighted by atomic mass is 19.1. The van der Waals surface area contributed by atoms with E-state index in [9.17, 15) is 19.1 Å². The molecule has 4 rings (SSSR count). The van der Waals surface area contributed by atoms with Gasteiger partial charge in [-0.25, -0.2) is 13.9 Å². The highest BCUT2D eigenvalue weighted by molar-refractivity contribution is 5.34. The molecule has 0 saturated heterocycles. The van der Waals surface area contributed by atoms with E-state index in [1.54, 1.807) is 23.9 Å². The highest BCUT2D eigenvalue weighted by Crippen LogP contribution is 2.34. The monoisotopic (exact) mass is 515 g/mol. The van der Waals surface area contributed by atoms with Gasteiger partial charge in [-0.05, 0) is 62.1 Å². The van der Waals surface area contributed by atoms with Crippen molar-refractivity contribution < 1.29 is 19.0 Å². The summed E-state index contributed by atoms with van der Waals surface area (Å²) in [4.78, 5) is 25.4. The van der Waals surface area contributed by atoms with Crippen LogP contribution in [-0.4, -0.2) is 43.4 Å². The second-order valence-corrected chi connectivity index (χ2v) is 9.62. The molecule has 1 aromatic carbocycles. The van der Waals surface area contributed by atoms with Crippen LogP contribution in [-0.2, 0) is 36.5 Å². The Kier molecular flexibility index (Phi) is 8.55. The first kappa shape index (κ1) is 26.7. The summed E-state index contributed by atoms with van der Waals surface area (Å²) in [5.74, 6) is 0.175. The van der Waals surface area contributed by atoms with E-state index in [0.29, 0.717) is 49.6 Å². The van der Waals surface area contributed by atoms with Crippen LogP contribution in [0.3, 0.4) is 0 Å². The molecule has 2 heterocycles. The molecule has 1 fully saturated rings. The number of methoxy groups -OCH3 is 1. The van der Waals surface area contributed by atoms with Crippen molar-refractivity contribution in [2.24, 2.45) is 5.92 Å². The van der Waals surface area contributed by atoms with E-state index in [2.05, 4.69) is 15.3 Å². The van der Waals surface area contributed by atoms with E-state index >= 15 is 0 Å². The molecule has 3 aromatic rings. The highest BCUT2D eigenvalue weighted by Gasteiger charge is 2.31. The zero-order valence-electron chi connectivity index (χ0n) is 21.3. The number of aliphatic hydroxyl groups is 1. The van der Waals surface area contributed by atoms with Crippen LogP contribution in [0.15, 0.2) is 40.1 Å². The van der Waals surface area contributed by atoms with E-state index in [0.717, 1.165) is 25.0 Å². The largest absolute Gasteiger partial charge is 0.490 e. The van der Waals surface area contributed by atoms with Gasteiger partial charge in [0.25, 0.3) is 5.56 Å². The Balaban J connectivity index is 1.48. The minimum absolute atomic E-state index is 0.128. The van der Waals surface area contributed by atoms with Gasteiger partial charge in [-0.2, -0.15) is 0 Å². The van der Waals surface area contributed by atoms with Gasteiger partial charge in [0.1, 0.15) is 11.3 Å². The molecule has 0 bridgehead atoms. The van der Waals surface area contributed by atoms with E-state index in [1.165, 1.54) is 22.9 Å². The van der Waals surface area contributed by atoms with Gasteiger partial charge in [0.2, 0.25) is 0 Å². The van der Waals surface area contributed by atoms with Gasteiger partial charge in [0.05, 0.1) is 25.5 Å². The number of nitrogens with one attached hydrogen (secondary N) is 1. The van der Waals surface area contributed by atoms with Crippen LogP contribution < -0.4 is 16.0 Å². The number of aromatic nitrogens is 5. The minimum Gasteiger partial charge on any atom is -0.490 e. The smallest absolute Gasteiger partial charge is 0.328 e. The van der Waals surface area contributed by atoms with Crippen molar-refractivity contribution in [3.8, 4) is 5.75 Å². The van der Waals surface area contributed by atoms with E-state index < -0.39 is 22.7 Å². The first-order valence-electron chi connectivity index (χ1n) is 12.7. The van der Waals surface area contributed by atoms with Crippen LogP contribution in [0, 0.1) is 11.7 Å². The fourth-order valence-electron chi connectivity index (χ4n) is 4.26. The lowest BCUT2D eigenvalue weighted by Gasteiger charge is -2.28. The first-order valence-corrected chi connectivity index (χ1v) is 12.7. The van der Waals surface area contributed by atoms with Gasteiger partial charge in [-0.3, -0.25) is 9.78 Å². The summed E-state index contributed by atoms with van der Waals surface area (Å²) in [6.07, 6.45) is 6.05. The zero-order chi connectivity index (χ0) is 26.4. The number of hydrogen-bond acceptors (Lipinski definition) is 7. The second kappa shape index (κ2) is 11.8. The molecule has 1 aliphatic rings. The minimum atomic E-state index is -1.32.